The molecule has 0 aromatic rings. The zero-order chi connectivity index (χ0) is 10.8. The molecule has 0 aromatic carbocycles. The summed E-state index contributed by atoms with van der Waals surface area (Å²) in [6, 6.07) is 0. The van der Waals surface area contributed by atoms with Crippen LogP contribution in [0.15, 0.2) is 0 Å². The van der Waals surface area contributed by atoms with E-state index < -0.39 is 0 Å². The monoisotopic (exact) mass is 201 g/mol. The van der Waals surface area contributed by atoms with Crippen molar-refractivity contribution in [1.82, 2.24) is 5.32 Å². The fraction of sp³-hybridized carbons (Fsp3) is 1.00. The Morgan fingerprint density at radius 1 is 1.07 bits per heavy atom. The molecule has 0 aliphatic heterocycles. The van der Waals surface area contributed by atoms with Crippen molar-refractivity contribution in [2.45, 2.75) is 40.5 Å². The molecular formula is C12H27NO. The molecule has 0 amide bonds. The lowest BCUT2D eigenvalue weighted by atomic mass is 10.1. The first-order valence-corrected chi connectivity index (χ1v) is 5.95. The summed E-state index contributed by atoms with van der Waals surface area (Å²) in [5.74, 6) is 1.48. The van der Waals surface area contributed by atoms with Crippen LogP contribution in [-0.2, 0) is 4.74 Å². The van der Waals surface area contributed by atoms with E-state index >= 15 is 0 Å². The highest BCUT2D eigenvalue weighted by Gasteiger charge is 2.01. The van der Waals surface area contributed by atoms with Crippen LogP contribution in [0.4, 0.5) is 0 Å². The van der Waals surface area contributed by atoms with Crippen LogP contribution in [0.25, 0.3) is 0 Å². The smallest absolute Gasteiger partial charge is 0.0469 e. The van der Waals surface area contributed by atoms with Gasteiger partial charge in [0.05, 0.1) is 0 Å². The van der Waals surface area contributed by atoms with Gasteiger partial charge < -0.3 is 10.1 Å². The normalized spacial score (nSPS) is 13.5. The van der Waals surface area contributed by atoms with Crippen LogP contribution in [0.3, 0.4) is 0 Å². The predicted octanol–water partition coefficient (Wildman–Crippen LogP) is 2.68. The summed E-state index contributed by atoms with van der Waals surface area (Å²) in [6.07, 6.45) is 2.30. The van der Waals surface area contributed by atoms with Crippen LogP contribution in [0.1, 0.15) is 40.5 Å². The Morgan fingerprint density at radius 3 is 2.36 bits per heavy atom. The third-order valence-corrected chi connectivity index (χ3v) is 2.15. The molecule has 0 radical (unpaired) electrons. The summed E-state index contributed by atoms with van der Waals surface area (Å²) in [6.45, 7) is 13.0. The van der Waals surface area contributed by atoms with Crippen LogP contribution < -0.4 is 5.32 Å². The third kappa shape index (κ3) is 10.0. The topological polar surface area (TPSA) is 21.3 Å². The Balaban J connectivity index is 3.15. The molecule has 86 valence electrons. The molecule has 0 rings (SSSR count). The molecule has 0 fully saturated rings. The van der Waals surface area contributed by atoms with Crippen LogP contribution >= 0.6 is 0 Å². The van der Waals surface area contributed by atoms with Gasteiger partial charge >= 0.3 is 0 Å². The van der Waals surface area contributed by atoms with Gasteiger partial charge in [-0.25, -0.2) is 0 Å². The second-order valence-corrected chi connectivity index (χ2v) is 4.56. The quantitative estimate of drug-likeness (QED) is 0.579. The van der Waals surface area contributed by atoms with Crippen molar-refractivity contribution in [2.24, 2.45) is 11.8 Å². The van der Waals surface area contributed by atoms with Gasteiger partial charge in [-0.15, -0.1) is 0 Å². The first-order valence-electron chi connectivity index (χ1n) is 5.95. The molecule has 0 bridgehead atoms. The molecule has 14 heavy (non-hydrogen) atoms. The Kier molecular flexibility index (Phi) is 9.42. The number of hydrogen-bond donors (Lipinski definition) is 1. The zero-order valence-electron chi connectivity index (χ0n) is 10.3. The predicted molar refractivity (Wildman–Crippen MR) is 62.6 cm³/mol. The van der Waals surface area contributed by atoms with Gasteiger partial charge in [-0.2, -0.15) is 0 Å². The van der Waals surface area contributed by atoms with E-state index in [4.69, 9.17) is 4.74 Å². The minimum absolute atomic E-state index is 0.727. The molecule has 0 heterocycles. The van der Waals surface area contributed by atoms with Gasteiger partial charge in [0.2, 0.25) is 0 Å². The van der Waals surface area contributed by atoms with Gasteiger partial charge in [-0.1, -0.05) is 27.7 Å². The van der Waals surface area contributed by atoms with E-state index in [9.17, 15) is 0 Å². The Morgan fingerprint density at radius 2 is 1.79 bits per heavy atom. The van der Waals surface area contributed by atoms with Crippen molar-refractivity contribution in [3.05, 3.63) is 0 Å². The lowest BCUT2D eigenvalue weighted by Crippen LogP contribution is -2.25. The maximum Gasteiger partial charge on any atom is 0.0469 e. The number of nitrogens with one attached hydrogen (secondary N) is 1. The minimum atomic E-state index is 0.727. The highest BCUT2D eigenvalue weighted by atomic mass is 16.5. The molecule has 0 aromatic heterocycles. The fourth-order valence-corrected chi connectivity index (χ4v) is 1.25. The summed E-state index contributed by atoms with van der Waals surface area (Å²) in [4.78, 5) is 0. The summed E-state index contributed by atoms with van der Waals surface area (Å²) < 4.78 is 5.45. The van der Waals surface area contributed by atoms with Crippen LogP contribution in [-0.4, -0.2) is 26.3 Å². The molecule has 2 nitrogen and oxygen atoms in total. The Bertz CT molecular complexity index is 115. The summed E-state index contributed by atoms with van der Waals surface area (Å²) in [5.41, 5.74) is 0. The largest absolute Gasteiger partial charge is 0.381 e. The van der Waals surface area contributed by atoms with Gasteiger partial charge in [0, 0.05) is 13.2 Å². The number of hydrogen-bond acceptors (Lipinski definition) is 2. The van der Waals surface area contributed by atoms with Crippen LogP contribution in [0, 0.1) is 11.8 Å². The average Bonchev–Trinajstić information content (AvgIpc) is 2.12. The molecular weight excluding hydrogens is 174 g/mol. The van der Waals surface area contributed by atoms with Gasteiger partial charge in [0.1, 0.15) is 0 Å². The van der Waals surface area contributed by atoms with E-state index in [1.54, 1.807) is 0 Å². The molecule has 0 aliphatic rings. The van der Waals surface area contributed by atoms with Gasteiger partial charge in [-0.05, 0) is 37.8 Å². The third-order valence-electron chi connectivity index (χ3n) is 2.15. The molecule has 0 saturated heterocycles. The van der Waals surface area contributed by atoms with E-state index in [1.807, 2.05) is 0 Å². The lowest BCUT2D eigenvalue weighted by Gasteiger charge is -2.13. The number of ether oxygens (including phenoxy) is 1. The zero-order valence-corrected chi connectivity index (χ0v) is 10.3. The maximum atomic E-state index is 5.45. The van der Waals surface area contributed by atoms with Crippen molar-refractivity contribution in [3.8, 4) is 0 Å². The molecule has 2 heteroatoms. The summed E-state index contributed by atoms with van der Waals surface area (Å²) >= 11 is 0. The SMILES string of the molecule is CCCOCCC(C)CNCC(C)C. The highest BCUT2D eigenvalue weighted by Crippen LogP contribution is 2.01. The maximum absolute atomic E-state index is 5.45. The molecule has 0 spiro atoms. The lowest BCUT2D eigenvalue weighted by molar-refractivity contribution is 0.122. The summed E-state index contributed by atoms with van der Waals surface area (Å²) in [7, 11) is 0. The first-order chi connectivity index (χ1) is 6.66. The van der Waals surface area contributed by atoms with E-state index in [1.165, 1.54) is 6.42 Å². The Hall–Kier alpha value is -0.0800. The molecule has 1 atom stereocenters. The number of rotatable bonds is 9. The van der Waals surface area contributed by atoms with Gasteiger partial charge in [0.25, 0.3) is 0 Å². The Labute approximate surface area is 89.4 Å². The van der Waals surface area contributed by atoms with Crippen LogP contribution in [0.2, 0.25) is 0 Å². The fourth-order valence-electron chi connectivity index (χ4n) is 1.25. The standard InChI is InChI=1S/C12H27NO/c1-5-7-14-8-6-12(4)10-13-9-11(2)3/h11-13H,5-10H2,1-4H3. The second-order valence-electron chi connectivity index (χ2n) is 4.56. The second kappa shape index (κ2) is 9.47. The first kappa shape index (κ1) is 13.9. The molecule has 1 unspecified atom stereocenters. The van der Waals surface area contributed by atoms with Crippen molar-refractivity contribution < 1.29 is 4.74 Å². The van der Waals surface area contributed by atoms with E-state index in [-0.39, 0.29) is 0 Å². The van der Waals surface area contributed by atoms with Crippen molar-refractivity contribution in [3.63, 3.8) is 0 Å². The molecule has 0 saturated carbocycles. The van der Waals surface area contributed by atoms with E-state index in [0.717, 1.165) is 44.6 Å². The van der Waals surface area contributed by atoms with Crippen molar-refractivity contribution in [2.75, 3.05) is 26.3 Å². The van der Waals surface area contributed by atoms with E-state index in [2.05, 4.69) is 33.0 Å². The summed E-state index contributed by atoms with van der Waals surface area (Å²) in [5, 5.41) is 3.47. The highest BCUT2D eigenvalue weighted by molar-refractivity contribution is 4.58. The van der Waals surface area contributed by atoms with E-state index in [0.29, 0.717) is 0 Å². The minimum Gasteiger partial charge on any atom is -0.381 e. The van der Waals surface area contributed by atoms with Gasteiger partial charge in [0.15, 0.2) is 0 Å². The van der Waals surface area contributed by atoms with Crippen molar-refractivity contribution in [1.29, 1.82) is 0 Å². The molecule has 0 aliphatic carbocycles. The van der Waals surface area contributed by atoms with Crippen LogP contribution in [0.5, 0.6) is 0 Å². The van der Waals surface area contributed by atoms with Gasteiger partial charge in [-0.3, -0.25) is 0 Å². The average molecular weight is 201 g/mol. The molecule has 1 N–H and O–H groups in total. The van der Waals surface area contributed by atoms with Crippen molar-refractivity contribution >= 4 is 0 Å².